The molecule has 2 heteroatoms. The molecule has 3 rings (SSSR count). The Kier molecular flexibility index (Phi) is 2.95. The maximum Gasteiger partial charge on any atom is 0.0945 e. The Hall–Kier alpha value is -1.57. The first-order chi connectivity index (χ1) is 8.43. The molecule has 2 nitrogen and oxygen atoms in total. The number of imidazole rings is 1. The highest BCUT2D eigenvalue weighted by Gasteiger charge is 2.19. The topological polar surface area (TPSA) is 17.8 Å². The number of hydrogen-bond donors (Lipinski definition) is 0. The van der Waals surface area contributed by atoms with Gasteiger partial charge in [-0.25, -0.2) is 4.98 Å². The van der Waals surface area contributed by atoms with Gasteiger partial charge in [0.25, 0.3) is 0 Å². The van der Waals surface area contributed by atoms with Gasteiger partial charge < -0.3 is 4.57 Å². The lowest BCUT2D eigenvalue weighted by Crippen LogP contribution is -2.11. The molecule has 0 N–H and O–H groups in total. The van der Waals surface area contributed by atoms with Crippen LogP contribution in [0.15, 0.2) is 43.0 Å². The molecule has 0 amide bonds. The number of rotatable bonds is 3. The van der Waals surface area contributed by atoms with E-state index in [4.69, 9.17) is 0 Å². The minimum Gasteiger partial charge on any atom is -0.337 e. The molecule has 0 radical (unpaired) electrons. The standard InChI is InChI=1S/C15H18N2/c1-2-7-15-13(4-1)5-3-6-14(15)8-10-17-11-9-16-12-17/h1-2,4,7,9,11-12,14H,3,5-6,8,10H2/t14-/m0/s1. The summed E-state index contributed by atoms with van der Waals surface area (Å²) in [5, 5.41) is 0. The largest absolute Gasteiger partial charge is 0.337 e. The Labute approximate surface area is 102 Å². The fourth-order valence-corrected chi connectivity index (χ4v) is 2.88. The summed E-state index contributed by atoms with van der Waals surface area (Å²) in [6.07, 6.45) is 11.0. The highest BCUT2D eigenvalue weighted by molar-refractivity contribution is 5.32. The van der Waals surface area contributed by atoms with Crippen molar-refractivity contribution in [1.82, 2.24) is 9.55 Å². The van der Waals surface area contributed by atoms with Crippen molar-refractivity contribution in [3.8, 4) is 0 Å². The first kappa shape index (κ1) is 10.6. The van der Waals surface area contributed by atoms with E-state index in [9.17, 15) is 0 Å². The third-order valence-electron chi connectivity index (χ3n) is 3.79. The van der Waals surface area contributed by atoms with Gasteiger partial charge in [0, 0.05) is 18.9 Å². The molecule has 1 atom stereocenters. The zero-order valence-corrected chi connectivity index (χ0v) is 10.0. The normalized spacial score (nSPS) is 18.9. The van der Waals surface area contributed by atoms with Crippen LogP contribution in [-0.2, 0) is 13.0 Å². The zero-order chi connectivity index (χ0) is 11.5. The van der Waals surface area contributed by atoms with Crippen molar-refractivity contribution in [2.75, 3.05) is 0 Å². The van der Waals surface area contributed by atoms with Gasteiger partial charge in [0.15, 0.2) is 0 Å². The van der Waals surface area contributed by atoms with Gasteiger partial charge in [-0.05, 0) is 42.7 Å². The number of benzene rings is 1. The molecule has 1 heterocycles. The highest BCUT2D eigenvalue weighted by Crippen LogP contribution is 2.33. The zero-order valence-electron chi connectivity index (χ0n) is 10.0. The van der Waals surface area contributed by atoms with Crippen LogP contribution in [0.4, 0.5) is 0 Å². The minimum absolute atomic E-state index is 0.738. The summed E-state index contributed by atoms with van der Waals surface area (Å²) in [4.78, 5) is 4.09. The van der Waals surface area contributed by atoms with Gasteiger partial charge in [0.1, 0.15) is 0 Å². The summed E-state index contributed by atoms with van der Waals surface area (Å²) >= 11 is 0. The second-order valence-corrected chi connectivity index (χ2v) is 4.88. The van der Waals surface area contributed by atoms with E-state index in [2.05, 4.69) is 40.0 Å². The molecule has 17 heavy (non-hydrogen) atoms. The van der Waals surface area contributed by atoms with Gasteiger partial charge in [-0.15, -0.1) is 0 Å². The molecule has 0 aliphatic heterocycles. The van der Waals surface area contributed by atoms with Gasteiger partial charge >= 0.3 is 0 Å². The van der Waals surface area contributed by atoms with E-state index in [0.717, 1.165) is 12.5 Å². The summed E-state index contributed by atoms with van der Waals surface area (Å²) in [7, 11) is 0. The number of hydrogen-bond acceptors (Lipinski definition) is 1. The lowest BCUT2D eigenvalue weighted by Gasteiger charge is -2.25. The number of aromatic nitrogens is 2. The van der Waals surface area contributed by atoms with Crippen molar-refractivity contribution in [3.63, 3.8) is 0 Å². The van der Waals surface area contributed by atoms with Crippen LogP contribution in [-0.4, -0.2) is 9.55 Å². The lowest BCUT2D eigenvalue weighted by atomic mass is 9.81. The molecule has 1 aromatic heterocycles. The molecular weight excluding hydrogens is 208 g/mol. The van der Waals surface area contributed by atoms with Crippen molar-refractivity contribution < 1.29 is 0 Å². The maximum atomic E-state index is 4.09. The van der Waals surface area contributed by atoms with Crippen LogP contribution in [0.1, 0.15) is 36.3 Å². The quantitative estimate of drug-likeness (QED) is 0.784. The number of nitrogens with zero attached hydrogens (tertiary/aromatic N) is 2. The Morgan fingerprint density at radius 3 is 3.12 bits per heavy atom. The van der Waals surface area contributed by atoms with E-state index in [1.165, 1.54) is 25.7 Å². The molecule has 0 saturated carbocycles. The van der Waals surface area contributed by atoms with E-state index in [-0.39, 0.29) is 0 Å². The van der Waals surface area contributed by atoms with Crippen LogP contribution < -0.4 is 0 Å². The van der Waals surface area contributed by atoms with Crippen LogP contribution in [0.5, 0.6) is 0 Å². The molecule has 1 aliphatic rings. The van der Waals surface area contributed by atoms with Gasteiger partial charge in [0.2, 0.25) is 0 Å². The van der Waals surface area contributed by atoms with Crippen LogP contribution in [0.2, 0.25) is 0 Å². The molecular formula is C15H18N2. The maximum absolute atomic E-state index is 4.09. The number of aryl methyl sites for hydroxylation is 2. The predicted octanol–water partition coefficient (Wildman–Crippen LogP) is 3.39. The van der Waals surface area contributed by atoms with Gasteiger partial charge in [-0.2, -0.15) is 0 Å². The average molecular weight is 226 g/mol. The monoisotopic (exact) mass is 226 g/mol. The van der Waals surface area contributed by atoms with Gasteiger partial charge in [-0.3, -0.25) is 0 Å². The molecule has 0 spiro atoms. The molecule has 1 aliphatic carbocycles. The number of fused-ring (bicyclic) bond motifs is 1. The third-order valence-corrected chi connectivity index (χ3v) is 3.79. The van der Waals surface area contributed by atoms with Crippen LogP contribution in [0.3, 0.4) is 0 Å². The van der Waals surface area contributed by atoms with E-state index in [0.29, 0.717) is 0 Å². The van der Waals surface area contributed by atoms with Crippen molar-refractivity contribution in [2.45, 2.75) is 38.1 Å². The predicted molar refractivity (Wildman–Crippen MR) is 69.0 cm³/mol. The van der Waals surface area contributed by atoms with E-state index < -0.39 is 0 Å². The van der Waals surface area contributed by atoms with Crippen LogP contribution in [0.25, 0.3) is 0 Å². The minimum atomic E-state index is 0.738. The van der Waals surface area contributed by atoms with E-state index in [1.54, 1.807) is 11.1 Å². The Morgan fingerprint density at radius 1 is 1.29 bits per heavy atom. The molecule has 0 fully saturated rings. The molecule has 1 aromatic carbocycles. The second kappa shape index (κ2) is 4.74. The van der Waals surface area contributed by atoms with Crippen molar-refractivity contribution >= 4 is 0 Å². The van der Waals surface area contributed by atoms with Crippen molar-refractivity contribution in [1.29, 1.82) is 0 Å². The average Bonchev–Trinajstić information content (AvgIpc) is 2.89. The highest BCUT2D eigenvalue weighted by atomic mass is 15.0. The Morgan fingerprint density at radius 2 is 2.24 bits per heavy atom. The summed E-state index contributed by atoms with van der Waals surface area (Å²) in [6, 6.07) is 8.94. The second-order valence-electron chi connectivity index (χ2n) is 4.88. The summed E-state index contributed by atoms with van der Waals surface area (Å²) in [5.74, 6) is 0.738. The fraction of sp³-hybridized carbons (Fsp3) is 0.400. The summed E-state index contributed by atoms with van der Waals surface area (Å²) in [5.41, 5.74) is 3.15. The SMILES string of the molecule is c1ccc2c(c1)CCC[C@H]2CCn1ccnc1. The summed E-state index contributed by atoms with van der Waals surface area (Å²) < 4.78 is 2.18. The fourth-order valence-electron chi connectivity index (χ4n) is 2.88. The van der Waals surface area contributed by atoms with Crippen LogP contribution >= 0.6 is 0 Å². The van der Waals surface area contributed by atoms with Crippen molar-refractivity contribution in [2.24, 2.45) is 0 Å². The Balaban J connectivity index is 1.72. The molecule has 2 aromatic rings. The van der Waals surface area contributed by atoms with E-state index in [1.807, 2.05) is 12.5 Å². The smallest absolute Gasteiger partial charge is 0.0945 e. The van der Waals surface area contributed by atoms with Gasteiger partial charge in [-0.1, -0.05) is 24.3 Å². The third kappa shape index (κ3) is 2.26. The lowest BCUT2D eigenvalue weighted by molar-refractivity contribution is 0.482. The summed E-state index contributed by atoms with van der Waals surface area (Å²) in [6.45, 7) is 1.08. The molecule has 0 unspecified atom stereocenters. The van der Waals surface area contributed by atoms with Crippen LogP contribution in [0, 0.1) is 0 Å². The molecule has 0 bridgehead atoms. The van der Waals surface area contributed by atoms with Gasteiger partial charge in [0.05, 0.1) is 6.33 Å². The Bertz CT molecular complexity index is 473. The first-order valence-electron chi connectivity index (χ1n) is 6.47. The first-order valence-corrected chi connectivity index (χ1v) is 6.47. The molecule has 88 valence electrons. The molecule has 0 saturated heterocycles. The van der Waals surface area contributed by atoms with Crippen molar-refractivity contribution in [3.05, 3.63) is 54.1 Å². The van der Waals surface area contributed by atoms with E-state index >= 15 is 0 Å².